The number of nitrogens with zero attached hydrogens (tertiary/aromatic N) is 1. The maximum absolute atomic E-state index is 12.9. The van der Waals surface area contributed by atoms with Gasteiger partial charge in [-0.25, -0.2) is 4.39 Å². The first-order chi connectivity index (χ1) is 6.27. The van der Waals surface area contributed by atoms with Gasteiger partial charge in [0.25, 0.3) is 0 Å². The number of hydrogen-bond acceptors (Lipinski definition) is 2. The van der Waals surface area contributed by atoms with Crippen LogP contribution in [0, 0.1) is 5.82 Å². The average molecular weight is 181 g/mol. The van der Waals surface area contributed by atoms with E-state index in [0.29, 0.717) is 0 Å². The predicted molar refractivity (Wildman–Crippen MR) is 46.8 cm³/mol. The highest BCUT2D eigenvalue weighted by molar-refractivity contribution is 5.25. The molecule has 0 aromatic carbocycles. The molecule has 0 atom stereocenters. The lowest BCUT2D eigenvalue weighted by Crippen LogP contribution is -2.38. The summed E-state index contributed by atoms with van der Waals surface area (Å²) in [5.41, 5.74) is 0.635. The fourth-order valence-corrected chi connectivity index (χ4v) is 1.84. The van der Waals surface area contributed by atoms with Gasteiger partial charge in [-0.05, 0) is 24.5 Å². The van der Waals surface area contributed by atoms with Crippen molar-refractivity contribution in [2.24, 2.45) is 0 Å². The maximum Gasteiger partial charge on any atom is 0.141 e. The second-order valence-corrected chi connectivity index (χ2v) is 3.68. The molecular weight excluding hydrogens is 169 g/mol. The molecule has 0 saturated heterocycles. The molecule has 0 unspecified atom stereocenters. The standard InChI is InChI=1S/C10H12FNO/c11-9-4-8(5-12-6-9)10(7-13)2-1-3-10/h4-6,13H,1-3,7H2. The molecule has 0 aliphatic heterocycles. The normalized spacial score (nSPS) is 19.5. The second-order valence-electron chi connectivity index (χ2n) is 3.68. The summed E-state index contributed by atoms with van der Waals surface area (Å²) in [6.07, 6.45) is 5.83. The smallest absolute Gasteiger partial charge is 0.141 e. The molecule has 2 rings (SSSR count). The number of aromatic nitrogens is 1. The minimum absolute atomic E-state index is 0.0954. The average Bonchev–Trinajstić information content (AvgIpc) is 2.03. The topological polar surface area (TPSA) is 33.1 Å². The molecule has 1 aromatic rings. The Labute approximate surface area is 76.4 Å². The number of aliphatic hydroxyl groups excluding tert-OH is 1. The van der Waals surface area contributed by atoms with E-state index in [1.807, 2.05) is 0 Å². The quantitative estimate of drug-likeness (QED) is 0.752. The predicted octanol–water partition coefficient (Wildman–Crippen LogP) is 1.63. The third kappa shape index (κ3) is 1.33. The fraction of sp³-hybridized carbons (Fsp3) is 0.500. The summed E-state index contributed by atoms with van der Waals surface area (Å²) in [4.78, 5) is 3.79. The number of aliphatic hydroxyl groups is 1. The number of pyridine rings is 1. The Morgan fingerprint density at radius 1 is 1.46 bits per heavy atom. The van der Waals surface area contributed by atoms with E-state index < -0.39 is 0 Å². The first-order valence-electron chi connectivity index (χ1n) is 4.49. The van der Waals surface area contributed by atoms with Gasteiger partial charge in [-0.2, -0.15) is 0 Å². The van der Waals surface area contributed by atoms with Crippen molar-refractivity contribution in [2.75, 3.05) is 6.61 Å². The molecule has 1 N–H and O–H groups in total. The van der Waals surface area contributed by atoms with Crippen molar-refractivity contribution in [1.29, 1.82) is 0 Å². The van der Waals surface area contributed by atoms with Crippen LogP contribution in [0.1, 0.15) is 24.8 Å². The van der Waals surface area contributed by atoms with Gasteiger partial charge in [0.2, 0.25) is 0 Å². The van der Waals surface area contributed by atoms with Crippen LogP contribution in [-0.2, 0) is 5.41 Å². The highest BCUT2D eigenvalue weighted by Gasteiger charge is 2.38. The summed E-state index contributed by atoms with van der Waals surface area (Å²) in [6, 6.07) is 1.47. The summed E-state index contributed by atoms with van der Waals surface area (Å²) < 4.78 is 12.9. The highest BCUT2D eigenvalue weighted by Crippen LogP contribution is 2.42. The van der Waals surface area contributed by atoms with Crippen LogP contribution in [0.25, 0.3) is 0 Å². The van der Waals surface area contributed by atoms with Crippen molar-refractivity contribution >= 4 is 0 Å². The Morgan fingerprint density at radius 3 is 2.69 bits per heavy atom. The largest absolute Gasteiger partial charge is 0.395 e. The van der Waals surface area contributed by atoms with E-state index in [-0.39, 0.29) is 17.8 Å². The molecule has 0 radical (unpaired) electrons. The van der Waals surface area contributed by atoms with E-state index in [0.717, 1.165) is 24.8 Å². The van der Waals surface area contributed by atoms with Crippen molar-refractivity contribution < 1.29 is 9.50 Å². The van der Waals surface area contributed by atoms with Crippen LogP contribution in [0.4, 0.5) is 4.39 Å². The van der Waals surface area contributed by atoms with Gasteiger partial charge in [0, 0.05) is 11.6 Å². The summed E-state index contributed by atoms with van der Waals surface area (Å²) >= 11 is 0. The number of rotatable bonds is 2. The highest BCUT2D eigenvalue weighted by atomic mass is 19.1. The van der Waals surface area contributed by atoms with Gasteiger partial charge in [0.15, 0.2) is 0 Å². The SMILES string of the molecule is OCC1(c2cncc(F)c2)CCC1. The van der Waals surface area contributed by atoms with Gasteiger partial charge in [-0.15, -0.1) is 0 Å². The van der Waals surface area contributed by atoms with Gasteiger partial charge >= 0.3 is 0 Å². The molecule has 0 bridgehead atoms. The van der Waals surface area contributed by atoms with Crippen LogP contribution in [-0.4, -0.2) is 16.7 Å². The molecule has 3 heteroatoms. The van der Waals surface area contributed by atoms with Gasteiger partial charge in [-0.1, -0.05) is 6.42 Å². The van der Waals surface area contributed by atoms with Gasteiger partial charge in [0.1, 0.15) is 5.82 Å². The third-order valence-electron chi connectivity index (χ3n) is 2.93. The molecule has 70 valence electrons. The molecule has 1 aliphatic carbocycles. The number of halogens is 1. The monoisotopic (exact) mass is 181 g/mol. The van der Waals surface area contributed by atoms with Crippen LogP contribution in [0.15, 0.2) is 18.5 Å². The van der Waals surface area contributed by atoms with Crippen molar-refractivity contribution in [3.05, 3.63) is 29.8 Å². The fourth-order valence-electron chi connectivity index (χ4n) is 1.84. The Balaban J connectivity index is 2.33. The second kappa shape index (κ2) is 3.07. The third-order valence-corrected chi connectivity index (χ3v) is 2.93. The Morgan fingerprint density at radius 2 is 2.23 bits per heavy atom. The first-order valence-corrected chi connectivity index (χ1v) is 4.49. The molecule has 1 saturated carbocycles. The van der Waals surface area contributed by atoms with Gasteiger partial charge < -0.3 is 5.11 Å². The minimum Gasteiger partial charge on any atom is -0.395 e. The molecule has 1 aromatic heterocycles. The van der Waals surface area contributed by atoms with Crippen LogP contribution in [0.5, 0.6) is 0 Å². The lowest BCUT2D eigenvalue weighted by Gasteiger charge is -2.40. The van der Waals surface area contributed by atoms with Gasteiger partial charge in [0.05, 0.1) is 12.8 Å². The summed E-state index contributed by atoms with van der Waals surface area (Å²) in [6.45, 7) is 0.0954. The Bertz CT molecular complexity index is 304. The van der Waals surface area contributed by atoms with E-state index in [9.17, 15) is 9.50 Å². The van der Waals surface area contributed by atoms with Crippen molar-refractivity contribution in [3.8, 4) is 0 Å². The van der Waals surface area contributed by atoms with Crippen molar-refractivity contribution in [1.82, 2.24) is 4.98 Å². The molecule has 1 fully saturated rings. The van der Waals surface area contributed by atoms with E-state index >= 15 is 0 Å². The van der Waals surface area contributed by atoms with Crippen LogP contribution in [0.3, 0.4) is 0 Å². The Kier molecular flexibility index (Phi) is 2.04. The minimum atomic E-state index is -0.322. The molecule has 13 heavy (non-hydrogen) atoms. The zero-order chi connectivity index (χ0) is 9.31. The van der Waals surface area contributed by atoms with Crippen LogP contribution >= 0.6 is 0 Å². The molecule has 1 aliphatic rings. The lowest BCUT2D eigenvalue weighted by molar-refractivity contribution is 0.119. The zero-order valence-electron chi connectivity index (χ0n) is 7.33. The summed E-state index contributed by atoms with van der Waals surface area (Å²) in [5.74, 6) is -0.322. The van der Waals surface area contributed by atoms with E-state index in [4.69, 9.17) is 0 Å². The molecule has 0 spiro atoms. The first kappa shape index (κ1) is 8.63. The zero-order valence-corrected chi connectivity index (χ0v) is 7.33. The van der Waals surface area contributed by atoms with Crippen molar-refractivity contribution in [2.45, 2.75) is 24.7 Å². The lowest BCUT2D eigenvalue weighted by atomic mass is 9.65. The molecular formula is C10H12FNO. The van der Waals surface area contributed by atoms with Crippen molar-refractivity contribution in [3.63, 3.8) is 0 Å². The molecule has 0 amide bonds. The molecule has 2 nitrogen and oxygen atoms in total. The van der Waals surface area contributed by atoms with Crippen LogP contribution in [0.2, 0.25) is 0 Å². The van der Waals surface area contributed by atoms with E-state index in [2.05, 4.69) is 4.98 Å². The summed E-state index contributed by atoms with van der Waals surface area (Å²) in [5, 5.41) is 9.23. The maximum atomic E-state index is 12.9. The summed E-state index contributed by atoms with van der Waals surface area (Å²) in [7, 11) is 0. The van der Waals surface area contributed by atoms with Crippen LogP contribution < -0.4 is 0 Å². The van der Waals surface area contributed by atoms with E-state index in [1.165, 1.54) is 12.3 Å². The number of hydrogen-bond donors (Lipinski definition) is 1. The van der Waals surface area contributed by atoms with Gasteiger partial charge in [-0.3, -0.25) is 4.98 Å². The van der Waals surface area contributed by atoms with E-state index in [1.54, 1.807) is 6.20 Å². The Hall–Kier alpha value is -0.960. The molecule has 1 heterocycles.